The Morgan fingerprint density at radius 2 is 1.68 bits per heavy atom. The number of nitrogens with zero attached hydrogens (tertiary/aromatic N) is 2. The van der Waals surface area contributed by atoms with Crippen LogP contribution in [0, 0.1) is 17.8 Å². The summed E-state index contributed by atoms with van der Waals surface area (Å²) in [5, 5.41) is 18.3. The molecule has 15 nitrogen and oxygen atoms in total. The number of carbonyl (C=O) groups is 5. The van der Waals surface area contributed by atoms with E-state index in [1.54, 1.807) is 67.7 Å². The van der Waals surface area contributed by atoms with Gasteiger partial charge in [-0.25, -0.2) is 9.59 Å². The predicted molar refractivity (Wildman–Crippen MR) is 293 cm³/mol. The lowest BCUT2D eigenvalue weighted by Gasteiger charge is -2.42. The molecule has 1 aromatic carbocycles. The highest BCUT2D eigenvalue weighted by Gasteiger charge is 2.64. The van der Waals surface area contributed by atoms with E-state index in [9.17, 15) is 29.1 Å². The lowest BCUT2D eigenvalue weighted by Crippen LogP contribution is -2.63. The molecule has 2 saturated heterocycles. The fourth-order valence-corrected chi connectivity index (χ4v) is 14.0. The van der Waals surface area contributed by atoms with E-state index in [1.807, 2.05) is 26.0 Å². The first-order valence-electron chi connectivity index (χ1n) is 27.2. The number of amides is 4. The minimum absolute atomic E-state index is 0.0601. The van der Waals surface area contributed by atoms with Crippen molar-refractivity contribution in [3.63, 3.8) is 0 Å². The molecule has 18 heteroatoms. The van der Waals surface area contributed by atoms with Crippen molar-refractivity contribution in [2.45, 2.75) is 210 Å². The fraction of sp³-hybridized carbons (Fsp3) is 0.732. The SMILES string of the molecule is COc1cc2cc(c1Cl)N(C)C(=O)C[C@H](OC(=O)[C@H](C)N(C)C(=O)CCSSC(C)CCC(=O)NC1CCC3CCCCCCC(CCC3)CC1)C1(C)O[C@H]1[C@H](C)[C@@H]1C[C@@](O)(NC(=O)O1)[C@H](OC)/C=C/C=C(\C)C2. The number of carbonyl (C=O) groups excluding carboxylic acids is 5. The Morgan fingerprint density at radius 1 is 1.00 bits per heavy atom. The molecule has 0 aromatic heterocycles. The molecule has 3 aliphatic heterocycles. The number of methoxy groups -OCH3 is 2. The average Bonchev–Trinajstić information content (AvgIpc) is 4.07. The van der Waals surface area contributed by atoms with Gasteiger partial charge in [0.25, 0.3) is 0 Å². The number of aliphatic hydroxyl groups is 1. The Hall–Kier alpha value is -3.48. The van der Waals surface area contributed by atoms with E-state index < -0.39 is 65.7 Å². The first-order chi connectivity index (χ1) is 35.2. The van der Waals surface area contributed by atoms with Crippen LogP contribution in [0.5, 0.6) is 5.75 Å². The van der Waals surface area contributed by atoms with Crippen molar-refractivity contribution < 1.29 is 52.8 Å². The van der Waals surface area contributed by atoms with Crippen LogP contribution < -0.4 is 20.3 Å². The normalized spacial score (nSPS) is 32.2. The van der Waals surface area contributed by atoms with E-state index in [2.05, 4.69) is 17.6 Å². The molecule has 4 unspecified atom stereocenters. The summed E-state index contributed by atoms with van der Waals surface area (Å²) in [5.41, 5.74) is -0.969. The number of alkyl carbamates (subject to hydrolysis) is 1. The summed E-state index contributed by atoms with van der Waals surface area (Å²) in [6, 6.07) is 2.84. The Labute approximate surface area is 453 Å². The molecular weight excluding hydrogens is 1000 g/mol. The molecule has 0 radical (unpaired) electrons. The van der Waals surface area contributed by atoms with Gasteiger partial charge in [-0.15, -0.1) is 0 Å². The summed E-state index contributed by atoms with van der Waals surface area (Å²) in [4.78, 5) is 71.1. The average molecular weight is 1090 g/mol. The highest BCUT2D eigenvalue weighted by atomic mass is 35.5. The smallest absolute Gasteiger partial charge is 0.409 e. The molecule has 3 heterocycles. The van der Waals surface area contributed by atoms with E-state index in [0.717, 1.165) is 42.2 Å². The molecule has 74 heavy (non-hydrogen) atoms. The molecule has 4 fully saturated rings. The third-order valence-corrected chi connectivity index (χ3v) is 19.7. The molecule has 4 amide bonds. The number of anilines is 1. The van der Waals surface area contributed by atoms with Crippen molar-refractivity contribution in [3.8, 4) is 5.75 Å². The summed E-state index contributed by atoms with van der Waals surface area (Å²) in [5.74, 6) is 0.616. The standard InChI is InChI=1S/C56H85ClN4O11S2/c1-35-16-14-21-46(69-9)56(67)34-45(70-54(66)59-56)37(3)52-55(5,72-52)47(33-50(64)61(7)43-31-41(30-35)32-44(68-8)51(43)57)71-53(65)38(4)60(6)49(63)28-29-73-74-36(2)22-27-48(62)58-42-25-23-39-17-12-10-11-13-18-40(24-26-42)20-15-19-39/h14,16,21,31-32,36-40,42,45-47,52,67H,10-13,15,17-20,22-30,33-34H2,1-9H3,(H,58,62)(H,59,66)/b21-14+,35-16+/t36?,37-,38+,39?,40?,42?,45+,46-,47+,52+,55?,56+/m1/s1. The Bertz CT molecular complexity index is 2150. The third kappa shape index (κ3) is 16.3. The van der Waals surface area contributed by atoms with E-state index in [-0.39, 0.29) is 47.4 Å². The number of hydrogen-bond donors (Lipinski definition) is 3. The van der Waals surface area contributed by atoms with Crippen molar-refractivity contribution in [2.24, 2.45) is 17.8 Å². The number of fused-ring (bicyclic) bond motifs is 9. The first kappa shape index (κ1) is 59.8. The van der Waals surface area contributed by atoms with Crippen LogP contribution in [0.4, 0.5) is 10.5 Å². The van der Waals surface area contributed by atoms with Crippen molar-refractivity contribution in [3.05, 3.63) is 46.5 Å². The maximum atomic E-state index is 14.4. The van der Waals surface area contributed by atoms with Crippen LogP contribution in [0.15, 0.2) is 35.9 Å². The van der Waals surface area contributed by atoms with Gasteiger partial charge < -0.3 is 43.9 Å². The quantitative estimate of drug-likeness (QED) is 0.0693. The van der Waals surface area contributed by atoms with Crippen LogP contribution in [-0.2, 0) is 44.5 Å². The summed E-state index contributed by atoms with van der Waals surface area (Å²) in [7, 11) is 9.33. The summed E-state index contributed by atoms with van der Waals surface area (Å²) < 4.78 is 29.6. The topological polar surface area (TPSA) is 186 Å². The molecule has 2 saturated carbocycles. The lowest BCUT2D eigenvalue weighted by atomic mass is 9.83. The molecule has 2 aliphatic carbocycles. The Kier molecular flexibility index (Phi) is 22.4. The van der Waals surface area contributed by atoms with E-state index in [1.165, 1.54) is 94.6 Å². The minimum Gasteiger partial charge on any atom is -0.495 e. The number of esters is 1. The van der Waals surface area contributed by atoms with Gasteiger partial charge in [0, 0.05) is 63.4 Å². The number of ether oxygens (including phenoxy) is 5. The molecule has 414 valence electrons. The van der Waals surface area contributed by atoms with Gasteiger partial charge in [-0.05, 0) is 88.8 Å². The third-order valence-electron chi connectivity index (χ3n) is 16.3. The number of nitrogens with one attached hydrogen (secondary N) is 2. The fourth-order valence-electron chi connectivity index (χ4n) is 11.3. The number of rotatable bonds is 14. The zero-order valence-corrected chi connectivity index (χ0v) is 47.8. The molecule has 11 atom stereocenters. The zero-order chi connectivity index (χ0) is 53.7. The Balaban J connectivity index is 1.06. The molecule has 6 rings (SSSR count). The molecule has 3 N–H and O–H groups in total. The number of epoxide rings is 1. The number of hydrogen-bond acceptors (Lipinski definition) is 13. The van der Waals surface area contributed by atoms with Crippen LogP contribution >= 0.6 is 33.2 Å². The zero-order valence-electron chi connectivity index (χ0n) is 45.4. The Morgan fingerprint density at radius 3 is 2.34 bits per heavy atom. The highest BCUT2D eigenvalue weighted by molar-refractivity contribution is 8.76. The van der Waals surface area contributed by atoms with Gasteiger partial charge in [0.15, 0.2) is 5.72 Å². The molecule has 5 aliphatic rings. The van der Waals surface area contributed by atoms with E-state index in [4.69, 9.17) is 35.3 Å². The van der Waals surface area contributed by atoms with Gasteiger partial charge >= 0.3 is 12.1 Å². The molecule has 0 spiro atoms. The monoisotopic (exact) mass is 1090 g/mol. The van der Waals surface area contributed by atoms with Crippen LogP contribution in [-0.4, -0.2) is 127 Å². The van der Waals surface area contributed by atoms with Crippen molar-refractivity contribution in [1.82, 2.24) is 15.5 Å². The predicted octanol–water partition coefficient (Wildman–Crippen LogP) is 10.3. The second-order valence-corrected chi connectivity index (χ2v) is 25.3. The van der Waals surface area contributed by atoms with Crippen molar-refractivity contribution in [1.29, 1.82) is 0 Å². The van der Waals surface area contributed by atoms with Gasteiger partial charge in [-0.1, -0.05) is 129 Å². The van der Waals surface area contributed by atoms with Crippen LogP contribution in [0.3, 0.4) is 0 Å². The maximum absolute atomic E-state index is 14.4. The minimum atomic E-state index is -1.84. The molecular formula is C56H85ClN4O11S2. The molecule has 1 aromatic rings. The summed E-state index contributed by atoms with van der Waals surface area (Å²) in [6.07, 6.45) is 18.9. The van der Waals surface area contributed by atoms with Crippen LogP contribution in [0.25, 0.3) is 0 Å². The van der Waals surface area contributed by atoms with Gasteiger partial charge in [-0.3, -0.25) is 19.7 Å². The van der Waals surface area contributed by atoms with Gasteiger partial charge in [0.05, 0.1) is 25.3 Å². The van der Waals surface area contributed by atoms with Crippen molar-refractivity contribution in [2.75, 3.05) is 39.0 Å². The number of benzene rings is 1. The largest absolute Gasteiger partial charge is 0.495 e. The second kappa shape index (κ2) is 27.7. The van der Waals surface area contributed by atoms with E-state index >= 15 is 0 Å². The number of halogens is 1. The molecule has 6 bridgehead atoms. The number of allylic oxidation sites excluding steroid dienone is 3. The summed E-state index contributed by atoms with van der Waals surface area (Å²) in [6.45, 7) is 9.17. The lowest BCUT2D eigenvalue weighted by molar-refractivity contribution is -0.162. The maximum Gasteiger partial charge on any atom is 0.409 e. The van der Waals surface area contributed by atoms with Crippen molar-refractivity contribution >= 4 is 68.7 Å². The van der Waals surface area contributed by atoms with Gasteiger partial charge in [-0.2, -0.15) is 0 Å². The highest BCUT2D eigenvalue weighted by Crippen LogP contribution is 2.49. The second-order valence-electron chi connectivity index (χ2n) is 22.0. The first-order valence-corrected chi connectivity index (χ1v) is 29.9. The van der Waals surface area contributed by atoms with Crippen LogP contribution in [0.1, 0.15) is 156 Å². The van der Waals surface area contributed by atoms with Gasteiger partial charge in [0.1, 0.15) is 40.7 Å². The summed E-state index contributed by atoms with van der Waals surface area (Å²) >= 11 is 6.85. The van der Waals surface area contributed by atoms with Gasteiger partial charge in [0.2, 0.25) is 17.7 Å². The number of likely N-dealkylation sites (N-methyl/N-ethyl adjacent to an activating group) is 1. The van der Waals surface area contributed by atoms with E-state index in [0.29, 0.717) is 30.0 Å². The van der Waals surface area contributed by atoms with Crippen LogP contribution in [0.2, 0.25) is 5.02 Å².